The van der Waals surface area contributed by atoms with Gasteiger partial charge in [0.05, 0.1) is 13.2 Å². The van der Waals surface area contributed by atoms with Crippen LogP contribution in [0.5, 0.6) is 0 Å². The molecule has 1 aromatic rings. The number of nitrogens with zero attached hydrogens (tertiary/aromatic N) is 1. The van der Waals surface area contributed by atoms with Crippen LogP contribution in [-0.2, 0) is 0 Å². The maximum absolute atomic E-state index is 12.7. The smallest absolute Gasteiger partial charge is 0.254 e. The quantitative estimate of drug-likeness (QED) is 0.782. The first kappa shape index (κ1) is 17.2. The fourth-order valence-electron chi connectivity index (χ4n) is 2.34. The number of aliphatic hydroxyl groups excluding tert-OH is 1. The molecule has 0 atom stereocenters. The average Bonchev–Trinajstić information content (AvgIpc) is 2.52. The van der Waals surface area contributed by atoms with Crippen LogP contribution >= 0.6 is 0 Å². The van der Waals surface area contributed by atoms with Crippen molar-refractivity contribution in [3.05, 3.63) is 35.4 Å². The summed E-state index contributed by atoms with van der Waals surface area (Å²) >= 11 is 0. The van der Waals surface area contributed by atoms with Crippen molar-refractivity contribution in [2.45, 2.75) is 32.7 Å². The van der Waals surface area contributed by atoms with E-state index in [1.165, 1.54) is 0 Å². The van der Waals surface area contributed by atoms with Crippen molar-refractivity contribution in [1.29, 1.82) is 0 Å². The van der Waals surface area contributed by atoms with Crippen molar-refractivity contribution in [2.24, 2.45) is 5.73 Å². The molecule has 0 aliphatic heterocycles. The Labute approximate surface area is 127 Å². The van der Waals surface area contributed by atoms with Crippen LogP contribution in [0.25, 0.3) is 0 Å². The van der Waals surface area contributed by atoms with Crippen molar-refractivity contribution in [1.82, 2.24) is 4.90 Å². The maximum Gasteiger partial charge on any atom is 0.254 e. The van der Waals surface area contributed by atoms with Crippen LogP contribution in [0.1, 0.15) is 42.6 Å². The molecular weight excluding hydrogens is 264 g/mol. The van der Waals surface area contributed by atoms with Gasteiger partial charge in [0, 0.05) is 23.7 Å². The van der Waals surface area contributed by atoms with Gasteiger partial charge in [-0.15, -0.1) is 0 Å². The molecule has 4 heteroatoms. The Morgan fingerprint density at radius 3 is 2.67 bits per heavy atom. The van der Waals surface area contributed by atoms with E-state index in [1.54, 1.807) is 17.0 Å². The third-order valence-electron chi connectivity index (χ3n) is 3.43. The predicted molar refractivity (Wildman–Crippen MR) is 84.9 cm³/mol. The molecule has 1 amide bonds. The molecule has 0 heterocycles. The summed E-state index contributed by atoms with van der Waals surface area (Å²) < 4.78 is 0. The standard InChI is InChI=1S/C17H24N2O2/c1-3-16(4-2)19(11-12-20)17(21)15-9-5-7-14(13-15)8-6-10-18/h5,7,9,13,16,20H,3-4,10-12,18H2,1-2H3. The van der Waals surface area contributed by atoms with E-state index in [-0.39, 0.29) is 18.6 Å². The van der Waals surface area contributed by atoms with Gasteiger partial charge in [0.25, 0.3) is 5.91 Å². The number of carbonyl (C=O) groups excluding carboxylic acids is 1. The Morgan fingerprint density at radius 2 is 2.10 bits per heavy atom. The van der Waals surface area contributed by atoms with Gasteiger partial charge in [-0.05, 0) is 31.0 Å². The van der Waals surface area contributed by atoms with E-state index in [9.17, 15) is 9.90 Å². The summed E-state index contributed by atoms with van der Waals surface area (Å²) in [5, 5.41) is 9.21. The van der Waals surface area contributed by atoms with Gasteiger partial charge in [0.15, 0.2) is 0 Å². The van der Waals surface area contributed by atoms with Gasteiger partial charge in [-0.1, -0.05) is 31.8 Å². The van der Waals surface area contributed by atoms with Gasteiger partial charge in [0.2, 0.25) is 0 Å². The second-order valence-corrected chi connectivity index (χ2v) is 4.78. The number of carbonyl (C=O) groups is 1. The number of rotatable bonds is 6. The molecule has 0 radical (unpaired) electrons. The molecule has 21 heavy (non-hydrogen) atoms. The minimum Gasteiger partial charge on any atom is -0.395 e. The predicted octanol–water partition coefficient (Wildman–Crippen LogP) is 1.62. The minimum atomic E-state index is -0.0610. The zero-order valence-electron chi connectivity index (χ0n) is 12.8. The van der Waals surface area contributed by atoms with Crippen molar-refractivity contribution in [3.63, 3.8) is 0 Å². The van der Waals surface area contributed by atoms with Crippen molar-refractivity contribution in [3.8, 4) is 11.8 Å². The Kier molecular flexibility index (Phi) is 7.52. The first-order chi connectivity index (χ1) is 10.2. The molecule has 1 aromatic carbocycles. The van der Waals surface area contributed by atoms with Crippen LogP contribution < -0.4 is 5.73 Å². The lowest BCUT2D eigenvalue weighted by Gasteiger charge is -2.30. The number of amides is 1. The molecule has 0 aromatic heterocycles. The molecule has 0 saturated carbocycles. The van der Waals surface area contributed by atoms with Gasteiger partial charge in [-0.25, -0.2) is 0 Å². The fraction of sp³-hybridized carbons (Fsp3) is 0.471. The maximum atomic E-state index is 12.7. The van der Waals surface area contributed by atoms with Crippen LogP contribution in [0.15, 0.2) is 24.3 Å². The van der Waals surface area contributed by atoms with Gasteiger partial charge in [-0.2, -0.15) is 0 Å². The van der Waals surface area contributed by atoms with E-state index in [0.717, 1.165) is 18.4 Å². The van der Waals surface area contributed by atoms with E-state index in [2.05, 4.69) is 25.7 Å². The summed E-state index contributed by atoms with van der Waals surface area (Å²) in [6.45, 7) is 4.71. The summed E-state index contributed by atoms with van der Waals surface area (Å²) in [5.41, 5.74) is 6.74. The van der Waals surface area contributed by atoms with Crippen LogP contribution in [0.3, 0.4) is 0 Å². The minimum absolute atomic E-state index is 0.0328. The van der Waals surface area contributed by atoms with E-state index < -0.39 is 0 Å². The lowest BCUT2D eigenvalue weighted by Crippen LogP contribution is -2.41. The number of benzene rings is 1. The number of hydrogen-bond donors (Lipinski definition) is 2. The molecule has 0 spiro atoms. The Morgan fingerprint density at radius 1 is 1.38 bits per heavy atom. The third-order valence-corrected chi connectivity index (χ3v) is 3.43. The summed E-state index contributed by atoms with van der Waals surface area (Å²) in [5.74, 6) is 5.65. The normalized spacial score (nSPS) is 10.1. The Hall–Kier alpha value is -1.83. The van der Waals surface area contributed by atoms with Gasteiger partial charge in [-0.3, -0.25) is 4.79 Å². The summed E-state index contributed by atoms with van der Waals surface area (Å²) in [6, 6.07) is 7.37. The molecule has 1 rings (SSSR count). The molecule has 0 bridgehead atoms. The number of hydrogen-bond acceptors (Lipinski definition) is 3. The summed E-state index contributed by atoms with van der Waals surface area (Å²) in [4.78, 5) is 14.4. The molecule has 0 saturated heterocycles. The van der Waals surface area contributed by atoms with Crippen LogP contribution in [-0.4, -0.2) is 41.7 Å². The average molecular weight is 288 g/mol. The lowest BCUT2D eigenvalue weighted by molar-refractivity contribution is 0.0622. The molecule has 0 aliphatic rings. The van der Waals surface area contributed by atoms with E-state index in [4.69, 9.17) is 5.73 Å². The first-order valence-electron chi connectivity index (χ1n) is 7.38. The second kappa shape index (κ2) is 9.17. The molecular formula is C17H24N2O2. The highest BCUT2D eigenvalue weighted by Crippen LogP contribution is 2.14. The second-order valence-electron chi connectivity index (χ2n) is 4.78. The lowest BCUT2D eigenvalue weighted by atomic mass is 10.1. The number of aliphatic hydroxyl groups is 1. The van der Waals surface area contributed by atoms with Crippen molar-refractivity contribution < 1.29 is 9.90 Å². The molecule has 0 aliphatic carbocycles. The first-order valence-corrected chi connectivity index (χ1v) is 7.38. The van der Waals surface area contributed by atoms with E-state index in [0.29, 0.717) is 18.7 Å². The largest absolute Gasteiger partial charge is 0.395 e. The summed E-state index contributed by atoms with van der Waals surface area (Å²) in [6.07, 6.45) is 1.74. The van der Waals surface area contributed by atoms with Crippen LogP contribution in [0.2, 0.25) is 0 Å². The van der Waals surface area contributed by atoms with Crippen molar-refractivity contribution >= 4 is 5.91 Å². The van der Waals surface area contributed by atoms with Crippen molar-refractivity contribution in [2.75, 3.05) is 19.7 Å². The monoisotopic (exact) mass is 288 g/mol. The zero-order valence-corrected chi connectivity index (χ0v) is 12.8. The van der Waals surface area contributed by atoms with Gasteiger partial charge < -0.3 is 15.7 Å². The highest BCUT2D eigenvalue weighted by Gasteiger charge is 2.21. The van der Waals surface area contributed by atoms with Gasteiger partial charge >= 0.3 is 0 Å². The molecule has 4 nitrogen and oxygen atoms in total. The van der Waals surface area contributed by atoms with Crippen LogP contribution in [0.4, 0.5) is 0 Å². The molecule has 114 valence electrons. The highest BCUT2D eigenvalue weighted by molar-refractivity contribution is 5.94. The van der Waals surface area contributed by atoms with Crippen LogP contribution in [0, 0.1) is 11.8 Å². The topological polar surface area (TPSA) is 66.6 Å². The molecule has 0 unspecified atom stereocenters. The summed E-state index contributed by atoms with van der Waals surface area (Å²) in [7, 11) is 0. The SMILES string of the molecule is CCC(CC)N(CCO)C(=O)c1cccc(C#CCN)c1. The zero-order chi connectivity index (χ0) is 15.7. The Balaban J connectivity index is 3.03. The van der Waals surface area contributed by atoms with E-state index in [1.807, 2.05) is 12.1 Å². The molecule has 3 N–H and O–H groups in total. The van der Waals surface area contributed by atoms with E-state index >= 15 is 0 Å². The fourth-order valence-corrected chi connectivity index (χ4v) is 2.34. The third kappa shape index (κ3) is 4.89. The Bertz CT molecular complexity index is 513. The number of nitrogens with two attached hydrogens (primary N) is 1. The highest BCUT2D eigenvalue weighted by atomic mass is 16.3. The van der Waals surface area contributed by atoms with Gasteiger partial charge in [0.1, 0.15) is 0 Å². The molecule has 0 fully saturated rings.